The summed E-state index contributed by atoms with van der Waals surface area (Å²) in [6.45, 7) is 0. The Morgan fingerprint density at radius 3 is 2.76 bits per heavy atom. The molecule has 5 rings (SSSR count). The number of nitrogens with zero attached hydrogens (tertiary/aromatic N) is 2. The van der Waals surface area contributed by atoms with Gasteiger partial charge in [-0.25, -0.2) is 9.55 Å². The predicted octanol–water partition coefficient (Wildman–Crippen LogP) is 4.60. The fourth-order valence-corrected chi connectivity index (χ4v) is 3.83. The Bertz CT molecular complexity index is 1270. The maximum absolute atomic E-state index is 12.5. The van der Waals surface area contributed by atoms with E-state index < -0.39 is 0 Å². The molecule has 3 aromatic heterocycles. The van der Waals surface area contributed by atoms with E-state index >= 15 is 0 Å². The molecule has 0 saturated carbocycles. The first-order chi connectivity index (χ1) is 12.3. The molecule has 0 unspecified atom stereocenters. The van der Waals surface area contributed by atoms with Crippen molar-refractivity contribution in [3.63, 3.8) is 0 Å². The molecule has 0 amide bonds. The molecule has 0 aliphatic carbocycles. The van der Waals surface area contributed by atoms with Crippen LogP contribution in [0.1, 0.15) is 0 Å². The van der Waals surface area contributed by atoms with Gasteiger partial charge in [0, 0.05) is 10.9 Å². The number of pyridine rings is 1. The maximum Gasteiger partial charge on any atom is 0.257 e. The molecule has 0 spiro atoms. The molecule has 0 radical (unpaired) electrons. The molecule has 120 valence electrons. The summed E-state index contributed by atoms with van der Waals surface area (Å²) >= 11 is 1.70. The lowest BCUT2D eigenvalue weighted by Crippen LogP contribution is -2.18. The zero-order valence-corrected chi connectivity index (χ0v) is 14.0. The third-order valence-corrected chi connectivity index (χ3v) is 5.21. The third-order valence-electron chi connectivity index (χ3n) is 4.29. The van der Waals surface area contributed by atoms with Crippen molar-refractivity contribution in [2.45, 2.75) is 0 Å². The first-order valence-corrected chi connectivity index (χ1v) is 8.82. The first-order valence-electron chi connectivity index (χ1n) is 7.94. The summed E-state index contributed by atoms with van der Waals surface area (Å²) in [5.41, 5.74) is 3.64. The largest absolute Gasteiger partial charge is 0.323 e. The number of hydrogen-bond donors (Lipinski definition) is 1. The van der Waals surface area contributed by atoms with Crippen LogP contribution in [-0.2, 0) is 0 Å². The highest BCUT2D eigenvalue weighted by Crippen LogP contribution is 2.27. The van der Waals surface area contributed by atoms with Gasteiger partial charge in [-0.05, 0) is 46.7 Å². The molecular formula is C20H13N3OS. The average Bonchev–Trinajstić information content (AvgIpc) is 3.30. The lowest BCUT2D eigenvalue weighted by atomic mass is 10.2. The van der Waals surface area contributed by atoms with Crippen molar-refractivity contribution in [3.05, 3.63) is 82.5 Å². The molecule has 2 aromatic carbocycles. The molecule has 5 aromatic rings. The molecule has 0 saturated heterocycles. The van der Waals surface area contributed by atoms with Crippen LogP contribution in [0.3, 0.4) is 0 Å². The quantitative estimate of drug-likeness (QED) is 0.509. The van der Waals surface area contributed by atoms with Crippen LogP contribution in [0.2, 0.25) is 0 Å². The Hall–Kier alpha value is -3.18. The molecule has 3 heterocycles. The molecule has 0 atom stereocenters. The summed E-state index contributed by atoms with van der Waals surface area (Å²) in [5, 5.41) is 3.06. The summed E-state index contributed by atoms with van der Waals surface area (Å²) < 4.78 is 1.63. The number of benzene rings is 2. The van der Waals surface area contributed by atoms with Gasteiger partial charge in [-0.2, -0.15) is 0 Å². The summed E-state index contributed by atoms with van der Waals surface area (Å²) in [7, 11) is 0. The van der Waals surface area contributed by atoms with Crippen molar-refractivity contribution in [3.8, 4) is 16.4 Å². The lowest BCUT2D eigenvalue weighted by Gasteiger charge is -2.06. The molecule has 0 aliphatic rings. The number of rotatable bonds is 2. The van der Waals surface area contributed by atoms with Gasteiger partial charge in [0.25, 0.3) is 5.56 Å². The fourth-order valence-electron chi connectivity index (χ4n) is 3.10. The first kappa shape index (κ1) is 14.2. The molecule has 5 heteroatoms. The van der Waals surface area contributed by atoms with Crippen molar-refractivity contribution in [1.29, 1.82) is 0 Å². The van der Waals surface area contributed by atoms with Crippen molar-refractivity contribution in [2.24, 2.45) is 0 Å². The minimum absolute atomic E-state index is 0.101. The second kappa shape index (κ2) is 5.43. The maximum atomic E-state index is 12.5. The van der Waals surface area contributed by atoms with E-state index in [0.717, 1.165) is 27.5 Å². The van der Waals surface area contributed by atoms with Crippen molar-refractivity contribution < 1.29 is 0 Å². The Morgan fingerprint density at radius 2 is 1.88 bits per heavy atom. The van der Waals surface area contributed by atoms with Gasteiger partial charge in [0.05, 0.1) is 16.6 Å². The number of nitrogens with one attached hydrogen (secondary N) is 1. The van der Waals surface area contributed by atoms with E-state index in [1.807, 2.05) is 42.5 Å². The van der Waals surface area contributed by atoms with E-state index in [2.05, 4.69) is 33.5 Å². The smallest absolute Gasteiger partial charge is 0.257 e. The number of aromatic nitrogens is 3. The van der Waals surface area contributed by atoms with E-state index in [1.54, 1.807) is 22.0 Å². The predicted molar refractivity (Wildman–Crippen MR) is 103 cm³/mol. The van der Waals surface area contributed by atoms with Crippen LogP contribution < -0.4 is 5.56 Å². The van der Waals surface area contributed by atoms with E-state index in [1.165, 1.54) is 4.88 Å². The van der Waals surface area contributed by atoms with Crippen molar-refractivity contribution in [2.75, 3.05) is 0 Å². The van der Waals surface area contributed by atoms with E-state index in [4.69, 9.17) is 0 Å². The SMILES string of the molecule is O=c1ccc2ccccc2n1-c1nc2ccc(-c3cccs3)cc2[nH]1. The highest BCUT2D eigenvalue weighted by Gasteiger charge is 2.11. The summed E-state index contributed by atoms with van der Waals surface area (Å²) in [4.78, 5) is 21.6. The van der Waals surface area contributed by atoms with Crippen LogP contribution >= 0.6 is 11.3 Å². The monoisotopic (exact) mass is 343 g/mol. The summed E-state index contributed by atoms with van der Waals surface area (Å²) in [6, 6.07) is 21.5. The highest BCUT2D eigenvalue weighted by atomic mass is 32.1. The second-order valence-electron chi connectivity index (χ2n) is 5.84. The highest BCUT2D eigenvalue weighted by molar-refractivity contribution is 7.13. The van der Waals surface area contributed by atoms with Crippen LogP contribution in [0.5, 0.6) is 0 Å². The molecular weight excluding hydrogens is 330 g/mol. The third kappa shape index (κ3) is 2.28. The number of imidazole rings is 1. The molecule has 4 nitrogen and oxygen atoms in total. The van der Waals surface area contributed by atoms with Gasteiger partial charge in [-0.3, -0.25) is 4.79 Å². The number of fused-ring (bicyclic) bond motifs is 2. The number of para-hydroxylation sites is 1. The topological polar surface area (TPSA) is 50.7 Å². The Balaban J connectivity index is 1.74. The van der Waals surface area contributed by atoms with Crippen LogP contribution in [0.4, 0.5) is 0 Å². The molecule has 0 aliphatic heterocycles. The van der Waals surface area contributed by atoms with E-state index in [9.17, 15) is 4.79 Å². The number of H-pyrrole nitrogens is 1. The van der Waals surface area contributed by atoms with Crippen molar-refractivity contribution in [1.82, 2.24) is 14.5 Å². The zero-order chi connectivity index (χ0) is 16.8. The lowest BCUT2D eigenvalue weighted by molar-refractivity contribution is 0.960. The van der Waals surface area contributed by atoms with Gasteiger partial charge in [-0.15, -0.1) is 11.3 Å². The molecule has 0 fully saturated rings. The molecule has 0 bridgehead atoms. The van der Waals surface area contributed by atoms with Gasteiger partial charge in [0.15, 0.2) is 0 Å². The van der Waals surface area contributed by atoms with Gasteiger partial charge >= 0.3 is 0 Å². The summed E-state index contributed by atoms with van der Waals surface area (Å²) in [6.07, 6.45) is 0. The normalized spacial score (nSPS) is 11.4. The minimum atomic E-state index is -0.101. The average molecular weight is 343 g/mol. The van der Waals surface area contributed by atoms with Gasteiger partial charge < -0.3 is 4.98 Å². The van der Waals surface area contributed by atoms with Crippen LogP contribution in [-0.4, -0.2) is 14.5 Å². The van der Waals surface area contributed by atoms with Gasteiger partial charge in [0.1, 0.15) is 0 Å². The zero-order valence-electron chi connectivity index (χ0n) is 13.1. The van der Waals surface area contributed by atoms with Crippen LogP contribution in [0, 0.1) is 0 Å². The number of aromatic amines is 1. The molecule has 25 heavy (non-hydrogen) atoms. The minimum Gasteiger partial charge on any atom is -0.323 e. The van der Waals surface area contributed by atoms with Gasteiger partial charge in [0.2, 0.25) is 5.95 Å². The van der Waals surface area contributed by atoms with Crippen molar-refractivity contribution >= 4 is 33.3 Å². The van der Waals surface area contributed by atoms with E-state index in [-0.39, 0.29) is 5.56 Å². The Labute approximate surface area is 147 Å². The van der Waals surface area contributed by atoms with Crippen LogP contribution in [0.15, 0.2) is 76.9 Å². The number of thiophene rings is 1. The molecule has 1 N–H and O–H groups in total. The summed E-state index contributed by atoms with van der Waals surface area (Å²) in [5.74, 6) is 0.542. The second-order valence-corrected chi connectivity index (χ2v) is 6.78. The standard InChI is InChI=1S/C20H13N3OS/c24-19-10-8-13-4-1-2-5-17(13)23(19)20-21-15-9-7-14(12-16(15)22-20)18-6-3-11-25-18/h1-12H,(H,21,22). The Morgan fingerprint density at radius 1 is 0.960 bits per heavy atom. The fraction of sp³-hybridized carbons (Fsp3) is 0. The van der Waals surface area contributed by atoms with Gasteiger partial charge in [-0.1, -0.05) is 30.3 Å². The number of hydrogen-bond acceptors (Lipinski definition) is 3. The van der Waals surface area contributed by atoms with E-state index in [0.29, 0.717) is 5.95 Å². The Kier molecular flexibility index (Phi) is 3.08. The van der Waals surface area contributed by atoms with Crippen LogP contribution in [0.25, 0.3) is 38.3 Å².